The van der Waals surface area contributed by atoms with Crippen LogP contribution in [0.3, 0.4) is 0 Å². The third-order valence-electron chi connectivity index (χ3n) is 3.43. The smallest absolute Gasteiger partial charge is 0.744 e. The maximum atomic E-state index is 11.1. The summed E-state index contributed by atoms with van der Waals surface area (Å²) >= 11 is 5.75. The van der Waals surface area contributed by atoms with Gasteiger partial charge in [-0.2, -0.15) is 0 Å². The molecule has 3 aromatic carbocycles. The molecule has 128 valence electrons. The number of phenols is 2. The molecule has 0 atom stereocenters. The number of hydrogen-bond donors (Lipinski definition) is 2. The van der Waals surface area contributed by atoms with Crippen LogP contribution < -0.4 is 29.6 Å². The molecule has 3 rings (SSSR count). The molecule has 0 fully saturated rings. The molecule has 0 unspecified atom stereocenters. The fraction of sp³-hybridized carbons (Fsp3) is 0. The first kappa shape index (κ1) is 20.6. The minimum absolute atomic E-state index is 0. The van der Waals surface area contributed by atoms with Gasteiger partial charge in [-0.25, -0.2) is 8.42 Å². The van der Waals surface area contributed by atoms with Crippen molar-refractivity contribution in [2.45, 2.75) is 4.90 Å². The monoisotopic (exact) mass is 400 g/mol. The van der Waals surface area contributed by atoms with Crippen LogP contribution in [0.1, 0.15) is 0 Å². The van der Waals surface area contributed by atoms with Crippen molar-refractivity contribution in [2.24, 2.45) is 10.2 Å². The van der Waals surface area contributed by atoms with E-state index < -0.39 is 20.8 Å². The van der Waals surface area contributed by atoms with Crippen molar-refractivity contribution in [1.29, 1.82) is 0 Å². The Morgan fingerprint density at radius 3 is 2.27 bits per heavy atom. The Hall–Kier alpha value is -1.68. The second-order valence-corrected chi connectivity index (χ2v) is 6.86. The van der Waals surface area contributed by atoms with Crippen LogP contribution in [0, 0.1) is 0 Å². The van der Waals surface area contributed by atoms with E-state index in [1.54, 1.807) is 18.2 Å². The van der Waals surface area contributed by atoms with Crippen LogP contribution in [-0.2, 0) is 10.1 Å². The van der Waals surface area contributed by atoms with Crippen LogP contribution in [-0.4, -0.2) is 23.2 Å². The van der Waals surface area contributed by atoms with Crippen LogP contribution in [0.4, 0.5) is 11.4 Å². The Labute approximate surface area is 176 Å². The first-order valence-electron chi connectivity index (χ1n) is 6.88. The van der Waals surface area contributed by atoms with E-state index >= 15 is 0 Å². The average Bonchev–Trinajstić information content (AvgIpc) is 2.56. The quantitative estimate of drug-likeness (QED) is 0.389. The number of aromatic hydroxyl groups is 2. The second kappa shape index (κ2) is 7.91. The fourth-order valence-electron chi connectivity index (χ4n) is 2.26. The molecular weight excluding hydrogens is 391 g/mol. The zero-order valence-electron chi connectivity index (χ0n) is 13.4. The van der Waals surface area contributed by atoms with Gasteiger partial charge < -0.3 is 14.8 Å². The molecule has 0 bridgehead atoms. The number of halogens is 1. The van der Waals surface area contributed by atoms with Gasteiger partial charge in [-0.15, -0.1) is 10.2 Å². The first-order chi connectivity index (χ1) is 11.8. The molecule has 0 aromatic heterocycles. The number of azo groups is 1. The van der Waals surface area contributed by atoms with Gasteiger partial charge in [0, 0.05) is 10.4 Å². The van der Waals surface area contributed by atoms with E-state index in [1.165, 1.54) is 6.07 Å². The fourth-order valence-corrected chi connectivity index (χ4v) is 3.15. The van der Waals surface area contributed by atoms with Gasteiger partial charge >= 0.3 is 29.6 Å². The molecule has 0 saturated heterocycles. The summed E-state index contributed by atoms with van der Waals surface area (Å²) in [6.45, 7) is 0. The van der Waals surface area contributed by atoms with E-state index in [1.807, 2.05) is 12.1 Å². The summed E-state index contributed by atoms with van der Waals surface area (Å²) in [4.78, 5) is -0.892. The minimum atomic E-state index is -4.93. The summed E-state index contributed by atoms with van der Waals surface area (Å²) < 4.78 is 33.4. The van der Waals surface area contributed by atoms with Gasteiger partial charge in [-0.1, -0.05) is 41.9 Å². The Morgan fingerprint density at radius 1 is 0.923 bits per heavy atom. The van der Waals surface area contributed by atoms with Crippen LogP contribution >= 0.6 is 11.6 Å². The molecule has 10 heteroatoms. The summed E-state index contributed by atoms with van der Waals surface area (Å²) in [5.74, 6) is -0.983. The molecule has 0 heterocycles. The SMILES string of the molecule is O=S(=O)([O-])c1cc(Cl)cc(N=Nc2ccc3ccccc3c2O)c1O.[Na+]. The standard InChI is InChI=1S/C16H11ClN2O5S.Na/c17-10-7-13(16(21)14(8-10)25(22,23)24)19-18-12-6-5-9-3-1-2-4-11(9)15(12)20;/h1-8,20-21H,(H,22,23,24);/q;+1/p-1. The Balaban J connectivity index is 0.00000243. The van der Waals surface area contributed by atoms with Crippen LogP contribution in [0.15, 0.2) is 63.7 Å². The number of rotatable bonds is 3. The topological polar surface area (TPSA) is 122 Å². The van der Waals surface area contributed by atoms with Crippen molar-refractivity contribution >= 4 is 43.9 Å². The van der Waals surface area contributed by atoms with Crippen molar-refractivity contribution in [3.8, 4) is 11.5 Å². The van der Waals surface area contributed by atoms with Gasteiger partial charge in [0.1, 0.15) is 21.5 Å². The zero-order valence-corrected chi connectivity index (χ0v) is 17.0. The molecule has 3 aromatic rings. The van der Waals surface area contributed by atoms with Gasteiger partial charge in [0.25, 0.3) is 0 Å². The van der Waals surface area contributed by atoms with E-state index in [0.717, 1.165) is 17.5 Å². The van der Waals surface area contributed by atoms with Gasteiger partial charge in [0.2, 0.25) is 0 Å². The predicted molar refractivity (Wildman–Crippen MR) is 90.9 cm³/mol. The summed E-state index contributed by atoms with van der Waals surface area (Å²) in [5, 5.41) is 28.9. The van der Waals surface area contributed by atoms with Crippen LogP contribution in [0.25, 0.3) is 10.8 Å². The van der Waals surface area contributed by atoms with Crippen molar-refractivity contribution in [3.05, 3.63) is 53.6 Å². The molecule has 0 saturated carbocycles. The Kier molecular flexibility index (Phi) is 6.28. The van der Waals surface area contributed by atoms with Gasteiger partial charge in [-0.05, 0) is 23.6 Å². The van der Waals surface area contributed by atoms with Crippen LogP contribution in [0.2, 0.25) is 5.02 Å². The molecule has 0 aliphatic heterocycles. The Bertz CT molecular complexity index is 1120. The number of nitrogens with zero attached hydrogens (tertiary/aromatic N) is 2. The van der Waals surface area contributed by atoms with E-state index in [4.69, 9.17) is 11.6 Å². The Morgan fingerprint density at radius 2 is 1.58 bits per heavy atom. The number of phenolic OH excluding ortho intramolecular Hbond substituents is 2. The van der Waals surface area contributed by atoms with E-state index in [-0.39, 0.29) is 51.7 Å². The van der Waals surface area contributed by atoms with Gasteiger partial charge in [-0.3, -0.25) is 0 Å². The molecule has 0 aliphatic rings. The third-order valence-corrected chi connectivity index (χ3v) is 4.50. The minimum Gasteiger partial charge on any atom is -0.744 e. The molecule has 0 spiro atoms. The third kappa shape index (κ3) is 4.17. The zero-order chi connectivity index (χ0) is 18.2. The number of fused-ring (bicyclic) bond motifs is 1. The van der Waals surface area contributed by atoms with Crippen molar-refractivity contribution < 1.29 is 52.7 Å². The predicted octanol–water partition coefficient (Wildman–Crippen LogP) is 1.23. The van der Waals surface area contributed by atoms with E-state index in [2.05, 4.69) is 10.2 Å². The average molecular weight is 401 g/mol. The van der Waals surface area contributed by atoms with Crippen molar-refractivity contribution in [1.82, 2.24) is 0 Å². The van der Waals surface area contributed by atoms with Crippen LogP contribution in [0.5, 0.6) is 11.5 Å². The van der Waals surface area contributed by atoms with Gasteiger partial charge in [0.15, 0.2) is 11.5 Å². The number of hydrogen-bond acceptors (Lipinski definition) is 7. The summed E-state index contributed by atoms with van der Waals surface area (Å²) in [7, 11) is -4.93. The van der Waals surface area contributed by atoms with Crippen molar-refractivity contribution in [2.75, 3.05) is 0 Å². The molecule has 0 amide bonds. The molecule has 0 aliphatic carbocycles. The maximum Gasteiger partial charge on any atom is 1.00 e. The molecular formula is C16H10ClN2NaO5S. The molecule has 0 radical (unpaired) electrons. The summed E-state index contributed by atoms with van der Waals surface area (Å²) in [6, 6.07) is 12.3. The molecule has 7 nitrogen and oxygen atoms in total. The second-order valence-electron chi connectivity index (χ2n) is 5.08. The molecule has 2 N–H and O–H groups in total. The molecule has 26 heavy (non-hydrogen) atoms. The summed E-state index contributed by atoms with van der Waals surface area (Å²) in [5.41, 5.74) is -0.209. The first-order valence-corrected chi connectivity index (χ1v) is 8.67. The summed E-state index contributed by atoms with van der Waals surface area (Å²) in [6.07, 6.45) is 0. The normalized spacial score (nSPS) is 11.6. The van der Waals surface area contributed by atoms with Gasteiger partial charge in [0.05, 0.1) is 4.90 Å². The van der Waals surface area contributed by atoms with Crippen molar-refractivity contribution in [3.63, 3.8) is 0 Å². The number of benzene rings is 3. The van der Waals surface area contributed by atoms with E-state index in [0.29, 0.717) is 5.39 Å². The largest absolute Gasteiger partial charge is 1.00 e. The van der Waals surface area contributed by atoms with E-state index in [9.17, 15) is 23.2 Å². The maximum absolute atomic E-state index is 11.1.